The second kappa shape index (κ2) is 6.57. The van der Waals surface area contributed by atoms with Gasteiger partial charge in [0.05, 0.1) is 5.56 Å². The quantitative estimate of drug-likeness (QED) is 0.487. The molecule has 0 unspecified atom stereocenters. The van der Waals surface area contributed by atoms with Crippen molar-refractivity contribution in [3.8, 4) is 0 Å². The van der Waals surface area contributed by atoms with Gasteiger partial charge in [-0.25, -0.2) is 5.48 Å². The van der Waals surface area contributed by atoms with Crippen molar-refractivity contribution in [3.63, 3.8) is 0 Å². The number of carbonyl (C=O) groups is 2. The van der Waals surface area contributed by atoms with Gasteiger partial charge in [-0.2, -0.15) is 0 Å². The Morgan fingerprint density at radius 3 is 2.15 bits per heavy atom. The summed E-state index contributed by atoms with van der Waals surface area (Å²) in [4.78, 5) is 28.6. The Labute approximate surface area is 159 Å². The number of amides is 1. The van der Waals surface area contributed by atoms with Crippen LogP contribution in [0.2, 0.25) is 0 Å². The summed E-state index contributed by atoms with van der Waals surface area (Å²) in [5.41, 5.74) is 6.26. The lowest BCUT2D eigenvalue weighted by Gasteiger charge is -2.42. The van der Waals surface area contributed by atoms with Crippen molar-refractivity contribution in [2.45, 2.75) is 58.3 Å². The van der Waals surface area contributed by atoms with Crippen LogP contribution >= 0.6 is 0 Å². The molecule has 142 valence electrons. The molecule has 0 atom stereocenters. The number of aromatic nitrogens is 1. The van der Waals surface area contributed by atoms with Crippen LogP contribution in [-0.4, -0.2) is 21.9 Å². The Balaban J connectivity index is 2.05. The number of aryl methyl sites for hydroxylation is 1. The van der Waals surface area contributed by atoms with Gasteiger partial charge in [0.1, 0.15) is 5.69 Å². The predicted octanol–water partition coefficient (Wildman–Crippen LogP) is 4.09. The number of nitrogens with one attached hydrogen (secondary N) is 1. The van der Waals surface area contributed by atoms with Gasteiger partial charge >= 0.3 is 0 Å². The van der Waals surface area contributed by atoms with Crippen LogP contribution < -0.4 is 5.48 Å². The maximum Gasteiger partial charge on any atom is 0.276 e. The highest BCUT2D eigenvalue weighted by Crippen LogP contribution is 2.46. The third-order valence-corrected chi connectivity index (χ3v) is 5.80. The van der Waals surface area contributed by atoms with Crippen LogP contribution in [0.25, 0.3) is 0 Å². The van der Waals surface area contributed by atoms with Crippen molar-refractivity contribution < 1.29 is 14.8 Å². The van der Waals surface area contributed by atoms with E-state index in [1.807, 2.05) is 13.0 Å². The number of benzene rings is 1. The number of carbonyl (C=O) groups excluding carboxylic acids is 2. The Bertz CT molecular complexity index is 912. The Morgan fingerprint density at radius 2 is 1.63 bits per heavy atom. The van der Waals surface area contributed by atoms with Gasteiger partial charge in [0, 0.05) is 11.8 Å². The van der Waals surface area contributed by atoms with Crippen LogP contribution in [0, 0.1) is 6.92 Å². The fourth-order valence-corrected chi connectivity index (χ4v) is 3.83. The molecule has 0 saturated heterocycles. The molecular formula is C22H26N2O3. The summed E-state index contributed by atoms with van der Waals surface area (Å²) < 4.78 is 0. The molecule has 1 heterocycles. The molecule has 0 saturated carbocycles. The van der Waals surface area contributed by atoms with Gasteiger partial charge in [-0.15, -0.1) is 0 Å². The molecule has 27 heavy (non-hydrogen) atoms. The second-order valence-corrected chi connectivity index (χ2v) is 8.68. The van der Waals surface area contributed by atoms with E-state index in [0.717, 1.165) is 18.4 Å². The molecule has 1 aliphatic rings. The number of rotatable bonds is 3. The van der Waals surface area contributed by atoms with E-state index < -0.39 is 5.91 Å². The minimum Gasteiger partial charge on any atom is -0.288 e. The Morgan fingerprint density at radius 1 is 1.04 bits per heavy atom. The highest BCUT2D eigenvalue weighted by Gasteiger charge is 2.37. The van der Waals surface area contributed by atoms with Crippen molar-refractivity contribution in [1.29, 1.82) is 0 Å². The van der Waals surface area contributed by atoms with E-state index >= 15 is 0 Å². The highest BCUT2D eigenvalue weighted by molar-refractivity contribution is 6.09. The standard InChI is InChI=1S/C22H26N2O3/c1-13-10-16-17(22(4,5)9-8-21(16,2)3)11-15(13)19(25)18-7-6-14(12-23-18)20(26)24-27/h6-7,10-12,27H,8-9H2,1-5H3,(H,24,26). The smallest absolute Gasteiger partial charge is 0.276 e. The molecule has 1 aliphatic carbocycles. The van der Waals surface area contributed by atoms with Crippen molar-refractivity contribution in [1.82, 2.24) is 10.5 Å². The van der Waals surface area contributed by atoms with E-state index in [9.17, 15) is 9.59 Å². The minimum atomic E-state index is -0.657. The first kappa shape index (κ1) is 19.2. The van der Waals surface area contributed by atoms with E-state index in [-0.39, 0.29) is 27.9 Å². The van der Waals surface area contributed by atoms with Crippen LogP contribution in [0.4, 0.5) is 0 Å². The Kier molecular flexibility index (Phi) is 4.68. The molecule has 0 bridgehead atoms. The first-order chi connectivity index (χ1) is 12.6. The topological polar surface area (TPSA) is 79.3 Å². The molecule has 5 nitrogen and oxygen atoms in total. The molecule has 1 aromatic carbocycles. The number of pyridine rings is 1. The average molecular weight is 366 g/mol. The molecule has 2 N–H and O–H groups in total. The summed E-state index contributed by atoms with van der Waals surface area (Å²) in [5.74, 6) is -0.819. The van der Waals surface area contributed by atoms with Crippen LogP contribution in [0.5, 0.6) is 0 Å². The lowest BCUT2D eigenvalue weighted by Crippen LogP contribution is -2.34. The number of hydrogen-bond donors (Lipinski definition) is 2. The largest absolute Gasteiger partial charge is 0.288 e. The zero-order chi connectivity index (χ0) is 20.0. The number of fused-ring (bicyclic) bond motifs is 1. The summed E-state index contributed by atoms with van der Waals surface area (Å²) >= 11 is 0. The van der Waals surface area contributed by atoms with Crippen LogP contribution in [0.15, 0.2) is 30.5 Å². The van der Waals surface area contributed by atoms with E-state index in [0.29, 0.717) is 5.56 Å². The molecule has 3 rings (SSSR count). The molecule has 1 aromatic heterocycles. The summed E-state index contributed by atoms with van der Waals surface area (Å²) in [6, 6.07) is 7.18. The van der Waals surface area contributed by atoms with Crippen molar-refractivity contribution in [2.75, 3.05) is 0 Å². The number of hydrogen-bond acceptors (Lipinski definition) is 4. The summed E-state index contributed by atoms with van der Waals surface area (Å²) in [6.45, 7) is 10.9. The summed E-state index contributed by atoms with van der Waals surface area (Å²) in [5, 5.41) is 8.69. The lowest BCUT2D eigenvalue weighted by molar-refractivity contribution is 0.0705. The maximum atomic E-state index is 13.1. The van der Waals surface area contributed by atoms with Crippen molar-refractivity contribution >= 4 is 11.7 Å². The van der Waals surface area contributed by atoms with Gasteiger partial charge < -0.3 is 0 Å². The first-order valence-electron chi connectivity index (χ1n) is 9.17. The van der Waals surface area contributed by atoms with E-state index in [2.05, 4.69) is 38.7 Å². The van der Waals surface area contributed by atoms with E-state index in [1.54, 1.807) is 5.48 Å². The summed E-state index contributed by atoms with van der Waals surface area (Å²) in [6.07, 6.45) is 3.49. The first-order valence-corrected chi connectivity index (χ1v) is 9.17. The number of hydroxylamine groups is 1. The lowest BCUT2D eigenvalue weighted by atomic mass is 9.62. The molecule has 1 amide bonds. The molecular weight excluding hydrogens is 340 g/mol. The Hall–Kier alpha value is -2.53. The third-order valence-electron chi connectivity index (χ3n) is 5.80. The monoisotopic (exact) mass is 366 g/mol. The van der Waals surface area contributed by atoms with Gasteiger partial charge in [0.25, 0.3) is 5.91 Å². The summed E-state index contributed by atoms with van der Waals surface area (Å²) in [7, 11) is 0. The molecule has 0 fully saturated rings. The molecule has 0 spiro atoms. The molecule has 2 aromatic rings. The van der Waals surface area contributed by atoms with Crippen molar-refractivity contribution in [3.05, 3.63) is 64.0 Å². The van der Waals surface area contributed by atoms with Gasteiger partial charge in [-0.05, 0) is 65.5 Å². The predicted molar refractivity (Wildman–Crippen MR) is 103 cm³/mol. The zero-order valence-electron chi connectivity index (χ0n) is 16.5. The van der Waals surface area contributed by atoms with Gasteiger partial charge in [-0.1, -0.05) is 33.8 Å². The minimum absolute atomic E-state index is 0.0179. The van der Waals surface area contributed by atoms with Crippen molar-refractivity contribution in [2.24, 2.45) is 0 Å². The fraction of sp³-hybridized carbons (Fsp3) is 0.409. The molecule has 0 aliphatic heterocycles. The number of nitrogens with zero attached hydrogens (tertiary/aromatic N) is 1. The fourth-order valence-electron chi connectivity index (χ4n) is 3.83. The van der Waals surface area contributed by atoms with E-state index in [1.165, 1.54) is 29.5 Å². The molecule has 5 heteroatoms. The SMILES string of the molecule is Cc1cc2c(cc1C(=O)c1ccc(C(=O)NO)cn1)C(C)(C)CCC2(C)C. The highest BCUT2D eigenvalue weighted by atomic mass is 16.5. The van der Waals surface area contributed by atoms with Crippen LogP contribution in [-0.2, 0) is 10.8 Å². The second-order valence-electron chi connectivity index (χ2n) is 8.68. The normalized spacial score (nSPS) is 17.1. The van der Waals surface area contributed by atoms with Crippen LogP contribution in [0.1, 0.15) is 83.6 Å². The number of ketones is 1. The van der Waals surface area contributed by atoms with Crippen LogP contribution in [0.3, 0.4) is 0 Å². The van der Waals surface area contributed by atoms with Gasteiger partial charge in [0.2, 0.25) is 5.78 Å². The van der Waals surface area contributed by atoms with Gasteiger partial charge in [0.15, 0.2) is 0 Å². The van der Waals surface area contributed by atoms with Gasteiger partial charge in [-0.3, -0.25) is 19.8 Å². The zero-order valence-corrected chi connectivity index (χ0v) is 16.5. The third kappa shape index (κ3) is 3.39. The maximum absolute atomic E-state index is 13.1. The molecule has 0 radical (unpaired) electrons. The van der Waals surface area contributed by atoms with E-state index in [4.69, 9.17) is 5.21 Å². The average Bonchev–Trinajstić information content (AvgIpc) is 2.64.